The largest absolute Gasteiger partial charge is 0.805 e. The number of hydrogen-bond acceptors (Lipinski definition) is 3. The average molecular weight is 124 g/mol. The molecule has 0 aromatic heterocycles. The molecule has 3 nitrogen and oxygen atoms in total. The monoisotopic (exact) mass is 124 g/mol. The van der Waals surface area contributed by atoms with Gasteiger partial charge in [-0.2, -0.15) is 0 Å². The molecule has 46 valence electrons. The summed E-state index contributed by atoms with van der Waals surface area (Å²) in [6, 6.07) is 0. The molecule has 0 saturated heterocycles. The van der Waals surface area contributed by atoms with Crippen LogP contribution in [-0.2, 0) is 14.0 Å². The molecule has 0 atom stereocenters. The van der Waals surface area contributed by atoms with Crippen LogP contribution in [0.3, 0.4) is 0 Å². The summed E-state index contributed by atoms with van der Waals surface area (Å²) in [6.45, 7) is 0. The lowest BCUT2D eigenvalue weighted by atomic mass is 10.2. The molecule has 9 heavy (non-hydrogen) atoms. The molecule has 0 aromatic carbocycles. The van der Waals surface area contributed by atoms with Gasteiger partial charge in [-0.3, -0.25) is 0 Å². The highest BCUT2D eigenvalue weighted by Crippen LogP contribution is 1.85. The highest BCUT2D eigenvalue weighted by Gasteiger charge is 2.21. The molecule has 0 aliphatic heterocycles. The molecule has 0 aliphatic rings. The Morgan fingerprint density at radius 1 is 1.22 bits per heavy atom. The zero-order valence-corrected chi connectivity index (χ0v) is 4.96. The van der Waals surface area contributed by atoms with E-state index in [1.54, 1.807) is 0 Å². The van der Waals surface area contributed by atoms with Crippen molar-refractivity contribution in [1.29, 1.82) is 0 Å². The summed E-state index contributed by atoms with van der Waals surface area (Å²) in [7, 11) is 0.402. The molecule has 0 radical (unpaired) electrons. The van der Waals surface area contributed by atoms with E-state index in [0.717, 1.165) is 0 Å². The minimum absolute atomic E-state index is 0.958. The minimum Gasteiger partial charge on any atom is -0.451 e. The molecule has 0 bridgehead atoms. The van der Waals surface area contributed by atoms with Crippen LogP contribution in [0.25, 0.3) is 0 Å². The lowest BCUT2D eigenvalue weighted by molar-refractivity contribution is 0.220. The maximum absolute atomic E-state index is 4.73. The molecule has 0 fully saturated rings. The molecular weight excluding hydrogens is 119 g/mol. The zero-order valence-electron chi connectivity index (χ0n) is 4.96. The Hall–Kier alpha value is -1.26. The molecule has 0 heterocycles. The Balaban J connectivity index is 3.47. The van der Waals surface area contributed by atoms with Gasteiger partial charge in [-0.15, -0.1) is 0 Å². The molecule has 0 aliphatic carbocycles. The lowest BCUT2D eigenvalue weighted by Gasteiger charge is -2.00. The molecule has 0 rings (SSSR count). The first-order valence-corrected chi connectivity index (χ1v) is 2.10. The van der Waals surface area contributed by atoms with E-state index >= 15 is 0 Å². The van der Waals surface area contributed by atoms with Gasteiger partial charge in [0.2, 0.25) is 0 Å². The van der Waals surface area contributed by atoms with E-state index in [4.69, 9.17) is 12.8 Å². The van der Waals surface area contributed by atoms with E-state index in [1.165, 1.54) is 7.11 Å². The highest BCUT2D eigenvalue weighted by atomic mass is 16.7. The van der Waals surface area contributed by atoms with Crippen LogP contribution in [0, 0.1) is 25.1 Å². The van der Waals surface area contributed by atoms with Crippen molar-refractivity contribution < 1.29 is 14.0 Å². The van der Waals surface area contributed by atoms with Gasteiger partial charge in [-0.1, -0.05) is 12.8 Å². The normalized spacial score (nSPS) is 6.56. The Morgan fingerprint density at radius 2 is 1.67 bits per heavy atom. The smallest absolute Gasteiger partial charge is 0.451 e. The van der Waals surface area contributed by atoms with E-state index in [9.17, 15) is 0 Å². The summed E-state index contributed by atoms with van der Waals surface area (Å²) in [5.74, 6) is 0. The van der Waals surface area contributed by atoms with Crippen molar-refractivity contribution >= 4 is 7.32 Å². The first-order valence-electron chi connectivity index (χ1n) is 2.10. The second-order valence-electron chi connectivity index (χ2n) is 0.996. The van der Waals surface area contributed by atoms with E-state index in [2.05, 4.69) is 14.0 Å². The fourth-order valence-electron chi connectivity index (χ4n) is 0.231. The maximum Gasteiger partial charge on any atom is 0.805 e. The summed E-state index contributed by atoms with van der Waals surface area (Å²) < 4.78 is 13.2. The fourth-order valence-corrected chi connectivity index (χ4v) is 0.231. The average Bonchev–Trinajstić information content (AvgIpc) is 1.88. The van der Waals surface area contributed by atoms with Crippen molar-refractivity contribution in [3.8, 4) is 25.1 Å². The number of hydrogen-bond donors (Lipinski definition) is 0. The third-order valence-corrected chi connectivity index (χ3v) is 0.521. The van der Waals surface area contributed by atoms with Crippen molar-refractivity contribution in [2.75, 3.05) is 7.11 Å². The molecule has 0 spiro atoms. The Kier molecular flexibility index (Phi) is 4.21. The van der Waals surface area contributed by atoms with Crippen LogP contribution in [-0.4, -0.2) is 14.4 Å². The molecule has 0 amide bonds. The molecule has 4 heteroatoms. The quantitative estimate of drug-likeness (QED) is 0.386. The van der Waals surface area contributed by atoms with Gasteiger partial charge >= 0.3 is 7.32 Å². The minimum atomic E-state index is -0.958. The topological polar surface area (TPSA) is 27.7 Å². The lowest BCUT2D eigenvalue weighted by Crippen LogP contribution is -2.20. The van der Waals surface area contributed by atoms with E-state index in [0.29, 0.717) is 0 Å². The first-order chi connectivity index (χ1) is 4.35. The van der Waals surface area contributed by atoms with Crippen LogP contribution < -0.4 is 0 Å². The van der Waals surface area contributed by atoms with Gasteiger partial charge in [0.05, 0.1) is 12.2 Å². The third-order valence-electron chi connectivity index (χ3n) is 0.521. The van der Waals surface area contributed by atoms with Crippen LogP contribution in [0.5, 0.6) is 0 Å². The van der Waals surface area contributed by atoms with Crippen molar-refractivity contribution in [2.45, 2.75) is 0 Å². The highest BCUT2D eigenvalue weighted by molar-refractivity contribution is 6.37. The summed E-state index contributed by atoms with van der Waals surface area (Å²) in [5, 5.41) is 0. The van der Waals surface area contributed by atoms with Gasteiger partial charge in [-0.05, 0) is 0 Å². The van der Waals surface area contributed by atoms with Gasteiger partial charge in [0, 0.05) is 7.11 Å². The predicted octanol–water partition coefficient (Wildman–Crippen LogP) is -0.168. The summed E-state index contributed by atoms with van der Waals surface area (Å²) >= 11 is 0. The van der Waals surface area contributed by atoms with E-state index < -0.39 is 7.32 Å². The third kappa shape index (κ3) is 3.34. The van der Waals surface area contributed by atoms with Crippen LogP contribution in [0.15, 0.2) is 0 Å². The van der Waals surface area contributed by atoms with E-state index in [1.807, 2.05) is 12.2 Å². The van der Waals surface area contributed by atoms with Crippen LogP contribution >= 0.6 is 0 Å². The molecule has 0 saturated carbocycles. The van der Waals surface area contributed by atoms with Crippen molar-refractivity contribution in [2.24, 2.45) is 0 Å². The van der Waals surface area contributed by atoms with Crippen LogP contribution in [0.4, 0.5) is 0 Å². The van der Waals surface area contributed by atoms with Gasteiger partial charge in [0.15, 0.2) is 0 Å². The molecule has 0 N–H and O–H groups in total. The van der Waals surface area contributed by atoms with Gasteiger partial charge in [-0.25, -0.2) is 0 Å². The van der Waals surface area contributed by atoms with Gasteiger partial charge in [0.25, 0.3) is 0 Å². The molecule has 0 unspecified atom stereocenters. The summed E-state index contributed by atoms with van der Waals surface area (Å²) in [5.41, 5.74) is 0. The first kappa shape index (κ1) is 7.74. The maximum atomic E-state index is 4.73. The number of terminal acetylenes is 2. The second kappa shape index (κ2) is 4.89. The van der Waals surface area contributed by atoms with Gasteiger partial charge in [0.1, 0.15) is 0 Å². The fraction of sp³-hybridized carbons (Fsp3) is 0.200. The molecular formula is C5H5BO3. The SMILES string of the molecule is C#COB(OC)OC#C. The standard InChI is InChI=1S/C5H5BO3/c1-4-8-6(7-3)9-5-2/h1-2H,3H3. The Morgan fingerprint density at radius 3 is 1.89 bits per heavy atom. The summed E-state index contributed by atoms with van der Waals surface area (Å²) in [4.78, 5) is 0. The van der Waals surface area contributed by atoms with Crippen LogP contribution in [0.1, 0.15) is 0 Å². The molecule has 0 aromatic rings. The van der Waals surface area contributed by atoms with Crippen molar-refractivity contribution in [3.63, 3.8) is 0 Å². The van der Waals surface area contributed by atoms with Gasteiger partial charge < -0.3 is 14.0 Å². The predicted molar refractivity (Wildman–Crippen MR) is 32.6 cm³/mol. The zero-order chi connectivity index (χ0) is 7.11. The van der Waals surface area contributed by atoms with E-state index in [-0.39, 0.29) is 0 Å². The van der Waals surface area contributed by atoms with Crippen molar-refractivity contribution in [1.82, 2.24) is 0 Å². The van der Waals surface area contributed by atoms with Crippen LogP contribution in [0.2, 0.25) is 0 Å². The second-order valence-corrected chi connectivity index (χ2v) is 0.996. The van der Waals surface area contributed by atoms with Crippen molar-refractivity contribution in [3.05, 3.63) is 0 Å². The summed E-state index contributed by atoms with van der Waals surface area (Å²) in [6.07, 6.45) is 13.2. The number of rotatable bonds is 3. The Labute approximate surface area is 54.5 Å². The Bertz CT molecular complexity index is 127.